The van der Waals surface area contributed by atoms with Gasteiger partial charge in [-0.3, -0.25) is 4.79 Å². The third-order valence-electron chi connectivity index (χ3n) is 6.82. The van der Waals surface area contributed by atoms with Crippen LogP contribution < -0.4 is 10.6 Å². The van der Waals surface area contributed by atoms with Gasteiger partial charge in [-0.05, 0) is 54.2 Å². The molecule has 0 saturated heterocycles. The molecule has 3 rings (SSSR count). The maximum absolute atomic E-state index is 13.0. The Morgan fingerprint density at radius 1 is 1.22 bits per heavy atom. The third-order valence-corrected chi connectivity index (χ3v) is 8.67. The van der Waals surface area contributed by atoms with Crippen molar-refractivity contribution in [3.8, 4) is 0 Å². The van der Waals surface area contributed by atoms with Gasteiger partial charge in [0.1, 0.15) is 4.90 Å². The van der Waals surface area contributed by atoms with E-state index in [1.54, 1.807) is 19.2 Å². The predicted octanol–water partition coefficient (Wildman–Crippen LogP) is 2.92. The first-order valence-electron chi connectivity index (χ1n) is 9.48. The van der Waals surface area contributed by atoms with Gasteiger partial charge in [-0.25, -0.2) is 12.7 Å². The molecule has 0 aliphatic heterocycles. The van der Waals surface area contributed by atoms with Gasteiger partial charge in [-0.1, -0.05) is 20.8 Å². The van der Waals surface area contributed by atoms with E-state index in [9.17, 15) is 13.2 Å². The zero-order valence-corrected chi connectivity index (χ0v) is 17.9. The highest BCUT2D eigenvalue weighted by molar-refractivity contribution is 7.89. The van der Waals surface area contributed by atoms with E-state index < -0.39 is 10.0 Å². The molecule has 1 aromatic carbocycles. The largest absolute Gasteiger partial charge is 0.387 e. The van der Waals surface area contributed by atoms with E-state index in [4.69, 9.17) is 0 Å². The van der Waals surface area contributed by atoms with Crippen molar-refractivity contribution >= 4 is 21.6 Å². The number of hydrogen-bond donors (Lipinski definition) is 2. The van der Waals surface area contributed by atoms with Crippen molar-refractivity contribution in [3.05, 3.63) is 23.8 Å². The van der Waals surface area contributed by atoms with Crippen molar-refractivity contribution in [3.63, 3.8) is 0 Å². The Labute approximate surface area is 162 Å². The first-order valence-corrected chi connectivity index (χ1v) is 10.9. The number of carbonyl (C=O) groups excluding carboxylic acids is 1. The summed E-state index contributed by atoms with van der Waals surface area (Å²) >= 11 is 0. The average Bonchev–Trinajstić information content (AvgIpc) is 3.08. The number of rotatable bonds is 5. The van der Waals surface area contributed by atoms with Crippen LogP contribution in [-0.4, -0.2) is 45.8 Å². The minimum Gasteiger partial charge on any atom is -0.387 e. The number of hydrogen-bond acceptors (Lipinski definition) is 4. The Balaban J connectivity index is 1.92. The van der Waals surface area contributed by atoms with E-state index in [1.165, 1.54) is 26.6 Å². The molecule has 2 aliphatic rings. The standard InChI is InChI=1S/C20H31N3O3S/c1-19(2)14-9-10-20(3,12-14)18(19)22-17(24)13-7-8-15(21-4)16(11-13)27(25,26)23(5)6/h7-8,11,14,18,21H,9-10,12H2,1-6H3,(H,22,24)/t14-,18?,20?/m1/s1. The lowest BCUT2D eigenvalue weighted by Gasteiger charge is -2.43. The zero-order chi connectivity index (χ0) is 20.2. The van der Waals surface area contributed by atoms with Crippen LogP contribution >= 0.6 is 0 Å². The molecule has 0 aromatic heterocycles. The number of benzene rings is 1. The second kappa shape index (κ2) is 6.48. The lowest BCUT2D eigenvalue weighted by Crippen LogP contribution is -2.52. The highest BCUT2D eigenvalue weighted by atomic mass is 32.2. The summed E-state index contributed by atoms with van der Waals surface area (Å²) in [5.41, 5.74) is 1.02. The Morgan fingerprint density at radius 3 is 2.41 bits per heavy atom. The molecule has 0 radical (unpaired) electrons. The van der Waals surface area contributed by atoms with Crippen LogP contribution in [0.2, 0.25) is 0 Å². The molecular weight excluding hydrogens is 362 g/mol. The summed E-state index contributed by atoms with van der Waals surface area (Å²) in [6, 6.07) is 4.89. The van der Waals surface area contributed by atoms with Gasteiger partial charge in [0.25, 0.3) is 5.91 Å². The Hall–Kier alpha value is -1.60. The van der Waals surface area contributed by atoms with Gasteiger partial charge in [0.15, 0.2) is 0 Å². The van der Waals surface area contributed by atoms with Crippen molar-refractivity contribution in [1.29, 1.82) is 0 Å². The van der Waals surface area contributed by atoms with Crippen molar-refractivity contribution in [2.24, 2.45) is 16.7 Å². The summed E-state index contributed by atoms with van der Waals surface area (Å²) in [7, 11) is 0.986. The van der Waals surface area contributed by atoms with Crippen molar-refractivity contribution in [1.82, 2.24) is 9.62 Å². The molecule has 2 saturated carbocycles. The molecule has 0 heterocycles. The summed E-state index contributed by atoms with van der Waals surface area (Å²) < 4.78 is 26.4. The molecule has 0 spiro atoms. The summed E-state index contributed by atoms with van der Waals surface area (Å²) in [6.45, 7) is 6.73. The maximum Gasteiger partial charge on any atom is 0.251 e. The molecule has 6 nitrogen and oxygen atoms in total. The van der Waals surface area contributed by atoms with E-state index >= 15 is 0 Å². The molecule has 2 bridgehead atoms. The second-order valence-corrected chi connectivity index (χ2v) is 11.2. The molecular formula is C20H31N3O3S. The van der Waals surface area contributed by atoms with Crippen LogP contribution in [0, 0.1) is 16.7 Å². The SMILES string of the molecule is CNc1ccc(C(=O)NC2C3(C)CC[C@H](C3)C2(C)C)cc1S(=O)(=O)N(C)C. The Morgan fingerprint density at radius 2 is 1.89 bits per heavy atom. The van der Waals surface area contributed by atoms with E-state index in [0.717, 1.165) is 17.1 Å². The fourth-order valence-electron chi connectivity index (χ4n) is 5.16. The van der Waals surface area contributed by atoms with Crippen LogP contribution in [0.25, 0.3) is 0 Å². The Kier molecular flexibility index (Phi) is 4.84. The summed E-state index contributed by atoms with van der Waals surface area (Å²) in [6.07, 6.45) is 3.49. The van der Waals surface area contributed by atoms with E-state index in [-0.39, 0.29) is 27.7 Å². The minimum absolute atomic E-state index is 0.0477. The molecule has 150 valence electrons. The molecule has 7 heteroatoms. The third kappa shape index (κ3) is 3.14. The molecule has 2 N–H and O–H groups in total. The number of nitrogens with one attached hydrogen (secondary N) is 2. The number of anilines is 1. The zero-order valence-electron chi connectivity index (χ0n) is 17.1. The van der Waals surface area contributed by atoms with Crippen LogP contribution in [0.15, 0.2) is 23.1 Å². The van der Waals surface area contributed by atoms with Crippen LogP contribution in [-0.2, 0) is 10.0 Å². The van der Waals surface area contributed by atoms with Gasteiger partial charge in [0.05, 0.1) is 5.69 Å². The van der Waals surface area contributed by atoms with Crippen molar-refractivity contribution in [2.75, 3.05) is 26.5 Å². The monoisotopic (exact) mass is 393 g/mol. The fourth-order valence-corrected chi connectivity index (χ4v) is 6.27. The molecule has 27 heavy (non-hydrogen) atoms. The van der Waals surface area contributed by atoms with Gasteiger partial charge >= 0.3 is 0 Å². The van der Waals surface area contributed by atoms with Crippen LogP contribution in [0.3, 0.4) is 0 Å². The first kappa shape index (κ1) is 20.1. The summed E-state index contributed by atoms with van der Waals surface area (Å²) in [5, 5.41) is 6.13. The summed E-state index contributed by atoms with van der Waals surface area (Å²) in [5.74, 6) is 0.420. The molecule has 1 aromatic rings. The molecule has 3 atom stereocenters. The topological polar surface area (TPSA) is 78.5 Å². The molecule has 1 amide bonds. The van der Waals surface area contributed by atoms with Gasteiger partial charge in [0, 0.05) is 32.7 Å². The van der Waals surface area contributed by atoms with Crippen LogP contribution in [0.1, 0.15) is 50.4 Å². The number of nitrogens with zero attached hydrogens (tertiary/aromatic N) is 1. The fraction of sp³-hybridized carbons (Fsp3) is 0.650. The number of carbonyl (C=O) groups is 1. The lowest BCUT2D eigenvalue weighted by atomic mass is 9.68. The highest BCUT2D eigenvalue weighted by Crippen LogP contribution is 2.62. The van der Waals surface area contributed by atoms with Crippen molar-refractivity contribution in [2.45, 2.75) is 51.0 Å². The van der Waals surface area contributed by atoms with Crippen LogP contribution in [0.4, 0.5) is 5.69 Å². The van der Waals surface area contributed by atoms with E-state index in [2.05, 4.69) is 31.4 Å². The number of fused-ring (bicyclic) bond motifs is 2. The molecule has 2 unspecified atom stereocenters. The minimum atomic E-state index is -3.66. The molecule has 2 aliphatic carbocycles. The Bertz CT molecular complexity index is 858. The predicted molar refractivity (Wildman–Crippen MR) is 107 cm³/mol. The average molecular weight is 394 g/mol. The van der Waals surface area contributed by atoms with Gasteiger partial charge in [0.2, 0.25) is 10.0 Å². The number of amides is 1. The maximum atomic E-state index is 13.0. The first-order chi connectivity index (χ1) is 12.4. The quantitative estimate of drug-likeness (QED) is 0.806. The normalized spacial score (nSPS) is 29.1. The van der Waals surface area contributed by atoms with Gasteiger partial charge in [-0.15, -0.1) is 0 Å². The van der Waals surface area contributed by atoms with Crippen molar-refractivity contribution < 1.29 is 13.2 Å². The number of sulfonamides is 1. The second-order valence-electron chi connectivity index (χ2n) is 9.07. The van der Waals surface area contributed by atoms with E-state index in [1.807, 2.05) is 0 Å². The van der Waals surface area contributed by atoms with Gasteiger partial charge < -0.3 is 10.6 Å². The van der Waals surface area contributed by atoms with Gasteiger partial charge in [-0.2, -0.15) is 0 Å². The van der Waals surface area contributed by atoms with Crippen LogP contribution in [0.5, 0.6) is 0 Å². The lowest BCUT2D eigenvalue weighted by molar-refractivity contribution is 0.0737. The summed E-state index contributed by atoms with van der Waals surface area (Å²) in [4.78, 5) is 13.1. The highest BCUT2D eigenvalue weighted by Gasteiger charge is 2.59. The van der Waals surface area contributed by atoms with E-state index in [0.29, 0.717) is 17.2 Å². The smallest absolute Gasteiger partial charge is 0.251 e. The molecule has 2 fully saturated rings.